The van der Waals surface area contributed by atoms with Gasteiger partial charge in [-0.1, -0.05) is 62.0 Å². The van der Waals surface area contributed by atoms with Crippen LogP contribution in [-0.4, -0.2) is 18.2 Å². The van der Waals surface area contributed by atoms with Gasteiger partial charge in [-0.3, -0.25) is 0 Å². The number of ether oxygens (including phenoxy) is 1. The van der Waals surface area contributed by atoms with Crippen molar-refractivity contribution in [2.24, 2.45) is 17.8 Å². The molecule has 2 nitrogen and oxygen atoms in total. The van der Waals surface area contributed by atoms with Crippen LogP contribution in [0.2, 0.25) is 15.1 Å². The molecule has 3 atom stereocenters. The largest absolute Gasteiger partial charge is 0.459 e. The Balaban J connectivity index is 2.33. The molecule has 0 N–H and O–H groups in total. The Morgan fingerprint density at radius 2 is 1.75 bits per heavy atom. The Morgan fingerprint density at radius 1 is 1.18 bits per heavy atom. The van der Waals surface area contributed by atoms with E-state index in [1.807, 2.05) is 20.8 Å². The SMILES string of the molecule is CC(C)[C@H]1CC[C@H](C)C[C@@H]1OC(=O)C=C(c1cc(Cl)c(Cl)c(Cl)c1)C(F)(F)F. The van der Waals surface area contributed by atoms with E-state index in [4.69, 9.17) is 39.5 Å². The van der Waals surface area contributed by atoms with Crippen molar-refractivity contribution in [3.63, 3.8) is 0 Å². The van der Waals surface area contributed by atoms with Crippen LogP contribution in [0.1, 0.15) is 45.6 Å². The quantitative estimate of drug-likeness (QED) is 0.264. The van der Waals surface area contributed by atoms with Gasteiger partial charge < -0.3 is 4.74 Å². The first kappa shape index (κ1) is 23.4. The van der Waals surface area contributed by atoms with Crippen LogP contribution < -0.4 is 0 Å². The zero-order valence-corrected chi connectivity index (χ0v) is 18.0. The van der Waals surface area contributed by atoms with Crippen molar-refractivity contribution in [3.8, 4) is 0 Å². The summed E-state index contributed by atoms with van der Waals surface area (Å²) in [5.74, 6) is -0.278. The van der Waals surface area contributed by atoms with Crippen molar-refractivity contribution in [2.45, 2.75) is 52.3 Å². The third-order valence-corrected chi connectivity index (χ3v) is 6.29. The molecule has 1 fully saturated rings. The number of hydrogen-bond donors (Lipinski definition) is 0. The maximum atomic E-state index is 13.6. The maximum Gasteiger partial charge on any atom is 0.417 e. The number of halogens is 6. The highest BCUT2D eigenvalue weighted by Crippen LogP contribution is 2.40. The van der Waals surface area contributed by atoms with E-state index in [9.17, 15) is 18.0 Å². The molecule has 0 amide bonds. The van der Waals surface area contributed by atoms with Crippen LogP contribution in [0.5, 0.6) is 0 Å². The summed E-state index contributed by atoms with van der Waals surface area (Å²) in [6.45, 7) is 6.10. The summed E-state index contributed by atoms with van der Waals surface area (Å²) in [7, 11) is 0. The standard InChI is InChI=1S/C20H22Cl3F3O2/c1-10(2)13-5-4-11(3)6-17(13)28-18(27)9-14(20(24,25)26)12-7-15(21)19(23)16(22)8-12/h7-11,13,17H,4-6H2,1-3H3/t11-,13+,17-/m0/s1. The minimum atomic E-state index is -4.79. The van der Waals surface area contributed by atoms with Gasteiger partial charge in [-0.05, 0) is 48.3 Å². The van der Waals surface area contributed by atoms with Crippen molar-refractivity contribution < 1.29 is 22.7 Å². The molecule has 1 aliphatic rings. The van der Waals surface area contributed by atoms with Gasteiger partial charge in [-0.2, -0.15) is 13.2 Å². The first-order valence-corrected chi connectivity index (χ1v) is 10.2. The molecule has 0 aromatic heterocycles. The summed E-state index contributed by atoms with van der Waals surface area (Å²) < 4.78 is 46.2. The van der Waals surface area contributed by atoms with Crippen LogP contribution >= 0.6 is 34.8 Å². The van der Waals surface area contributed by atoms with E-state index in [0.717, 1.165) is 25.0 Å². The summed E-state index contributed by atoms with van der Waals surface area (Å²) in [5.41, 5.74) is -1.52. The van der Waals surface area contributed by atoms with Gasteiger partial charge in [-0.25, -0.2) is 4.79 Å². The van der Waals surface area contributed by atoms with Crippen LogP contribution in [-0.2, 0) is 9.53 Å². The van der Waals surface area contributed by atoms with E-state index in [1.165, 1.54) is 0 Å². The van der Waals surface area contributed by atoms with E-state index in [-0.39, 0.29) is 32.5 Å². The lowest BCUT2D eigenvalue weighted by Gasteiger charge is -2.36. The predicted octanol–water partition coefficient (Wildman–Crippen LogP) is 7.60. The second-order valence-electron chi connectivity index (χ2n) is 7.61. The van der Waals surface area contributed by atoms with Gasteiger partial charge in [0.2, 0.25) is 0 Å². The minimum Gasteiger partial charge on any atom is -0.459 e. The Bertz CT molecular complexity index is 737. The van der Waals surface area contributed by atoms with E-state index in [1.54, 1.807) is 0 Å². The number of rotatable bonds is 4. The van der Waals surface area contributed by atoms with Gasteiger partial charge in [0.05, 0.1) is 20.6 Å². The van der Waals surface area contributed by atoms with Gasteiger partial charge in [0.25, 0.3) is 0 Å². The Kier molecular flexibility index (Phi) is 7.74. The topological polar surface area (TPSA) is 26.3 Å². The van der Waals surface area contributed by atoms with Crippen molar-refractivity contribution in [1.29, 1.82) is 0 Å². The molecule has 0 spiro atoms. The third-order valence-electron chi connectivity index (χ3n) is 5.09. The number of allylic oxidation sites excluding steroid dienone is 1. The monoisotopic (exact) mass is 456 g/mol. The van der Waals surface area contributed by atoms with Gasteiger partial charge in [0, 0.05) is 6.08 Å². The zero-order valence-electron chi connectivity index (χ0n) is 15.7. The molecule has 156 valence electrons. The van der Waals surface area contributed by atoms with E-state index in [2.05, 4.69) is 0 Å². The average molecular weight is 458 g/mol. The molecular formula is C20H22Cl3F3O2. The Hall–Kier alpha value is -0.910. The van der Waals surface area contributed by atoms with Gasteiger partial charge in [-0.15, -0.1) is 0 Å². The average Bonchev–Trinajstić information content (AvgIpc) is 2.56. The lowest BCUT2D eigenvalue weighted by molar-refractivity contribution is -0.150. The first-order chi connectivity index (χ1) is 12.9. The maximum absolute atomic E-state index is 13.6. The van der Waals surface area contributed by atoms with Crippen LogP contribution in [0.15, 0.2) is 18.2 Å². The molecular weight excluding hydrogens is 436 g/mol. The number of benzene rings is 1. The highest BCUT2D eigenvalue weighted by molar-refractivity contribution is 6.48. The van der Waals surface area contributed by atoms with Crippen molar-refractivity contribution in [2.75, 3.05) is 0 Å². The summed E-state index contributed by atoms with van der Waals surface area (Å²) >= 11 is 17.5. The lowest BCUT2D eigenvalue weighted by atomic mass is 9.75. The van der Waals surface area contributed by atoms with Crippen LogP contribution in [0.25, 0.3) is 5.57 Å². The van der Waals surface area contributed by atoms with Gasteiger partial charge in [0.15, 0.2) is 0 Å². The summed E-state index contributed by atoms with van der Waals surface area (Å²) in [4.78, 5) is 12.4. The van der Waals surface area contributed by atoms with Crippen molar-refractivity contribution in [1.82, 2.24) is 0 Å². The number of carbonyl (C=O) groups excluding carboxylic acids is 1. The molecule has 2 rings (SSSR count). The van der Waals surface area contributed by atoms with Crippen molar-refractivity contribution in [3.05, 3.63) is 38.8 Å². The van der Waals surface area contributed by atoms with Crippen LogP contribution in [0, 0.1) is 17.8 Å². The molecule has 1 saturated carbocycles. The van der Waals surface area contributed by atoms with E-state index >= 15 is 0 Å². The lowest BCUT2D eigenvalue weighted by Crippen LogP contribution is -2.35. The minimum absolute atomic E-state index is 0.0489. The highest BCUT2D eigenvalue weighted by atomic mass is 35.5. The van der Waals surface area contributed by atoms with E-state index in [0.29, 0.717) is 18.4 Å². The molecule has 8 heteroatoms. The summed E-state index contributed by atoms with van der Waals surface area (Å²) in [6, 6.07) is 2.06. The smallest absolute Gasteiger partial charge is 0.417 e. The fraction of sp³-hybridized carbons (Fsp3) is 0.550. The van der Waals surface area contributed by atoms with E-state index < -0.39 is 23.8 Å². The number of alkyl halides is 3. The van der Waals surface area contributed by atoms with Crippen LogP contribution in [0.3, 0.4) is 0 Å². The number of hydrogen-bond acceptors (Lipinski definition) is 2. The normalized spacial score (nSPS) is 23.8. The molecule has 28 heavy (non-hydrogen) atoms. The van der Waals surface area contributed by atoms with Crippen LogP contribution in [0.4, 0.5) is 13.2 Å². The zero-order chi connectivity index (χ0) is 21.2. The molecule has 0 unspecified atom stereocenters. The summed E-state index contributed by atoms with van der Waals surface area (Å²) in [5, 5.41) is -0.311. The van der Waals surface area contributed by atoms with Crippen molar-refractivity contribution >= 4 is 46.3 Å². The molecule has 1 aromatic rings. The Labute approximate surface area is 178 Å². The fourth-order valence-corrected chi connectivity index (χ4v) is 4.19. The fourth-order valence-electron chi connectivity index (χ4n) is 3.59. The molecule has 0 aliphatic heterocycles. The molecule has 0 radical (unpaired) electrons. The number of esters is 1. The summed E-state index contributed by atoms with van der Waals surface area (Å²) in [6.07, 6.45) is -2.19. The third kappa shape index (κ3) is 5.80. The molecule has 0 bridgehead atoms. The Morgan fingerprint density at radius 3 is 2.25 bits per heavy atom. The number of carbonyl (C=O) groups is 1. The second-order valence-corrected chi connectivity index (χ2v) is 8.80. The molecule has 1 aromatic carbocycles. The predicted molar refractivity (Wildman–Crippen MR) is 107 cm³/mol. The first-order valence-electron chi connectivity index (χ1n) is 9.04. The molecule has 1 aliphatic carbocycles. The van der Waals surface area contributed by atoms with Gasteiger partial charge >= 0.3 is 12.1 Å². The van der Waals surface area contributed by atoms with Gasteiger partial charge in [0.1, 0.15) is 6.10 Å². The molecule has 0 heterocycles. The second kappa shape index (κ2) is 9.27. The molecule has 0 saturated heterocycles. The highest BCUT2D eigenvalue weighted by Gasteiger charge is 2.37.